The Labute approximate surface area is 184 Å². The van der Waals surface area contributed by atoms with Crippen LogP contribution in [0.4, 0.5) is 17.3 Å². The highest BCUT2D eigenvalue weighted by atomic mass is 32.2. The minimum absolute atomic E-state index is 0.0783. The predicted molar refractivity (Wildman–Crippen MR) is 120 cm³/mol. The number of nitrogens with one attached hydrogen (secondary N) is 2. The average Bonchev–Trinajstić information content (AvgIpc) is 3.35. The Balaban J connectivity index is 1.83. The molecule has 0 bridgehead atoms. The van der Waals surface area contributed by atoms with Crippen molar-refractivity contribution in [3.05, 3.63) is 28.0 Å². The molecule has 0 aromatic carbocycles. The summed E-state index contributed by atoms with van der Waals surface area (Å²) >= 11 is 2.03. The van der Waals surface area contributed by atoms with Crippen molar-refractivity contribution in [3.63, 3.8) is 0 Å². The normalized spacial score (nSPS) is 11.9. The zero-order chi connectivity index (χ0) is 22.1. The van der Waals surface area contributed by atoms with Crippen LogP contribution in [0.15, 0.2) is 14.7 Å². The predicted octanol–water partition coefficient (Wildman–Crippen LogP) is 4.21. The average molecular weight is 472 g/mol. The third-order valence-corrected chi connectivity index (χ3v) is 8.84. The molecule has 0 unspecified atom stereocenters. The van der Waals surface area contributed by atoms with Crippen LogP contribution in [0.1, 0.15) is 35.8 Å². The van der Waals surface area contributed by atoms with Crippen molar-refractivity contribution in [2.45, 2.75) is 45.4 Å². The van der Waals surface area contributed by atoms with Gasteiger partial charge in [0.05, 0.1) is 24.0 Å². The maximum Gasteiger partial charge on any atom is 0.256 e. The Morgan fingerprint density at radius 2 is 1.83 bits per heavy atom. The molecule has 3 aromatic rings. The number of thiophene rings is 1. The van der Waals surface area contributed by atoms with Crippen LogP contribution in [-0.4, -0.2) is 39.7 Å². The molecule has 0 aliphatic heterocycles. The van der Waals surface area contributed by atoms with E-state index in [0.717, 1.165) is 40.1 Å². The monoisotopic (exact) mass is 471 g/mol. The minimum Gasteiger partial charge on any atom is -0.504 e. The van der Waals surface area contributed by atoms with E-state index in [0.29, 0.717) is 41.8 Å². The number of hydrogen-bond donors (Lipinski definition) is 3. The summed E-state index contributed by atoms with van der Waals surface area (Å²) in [5.41, 5.74) is 1.38. The van der Waals surface area contributed by atoms with Crippen molar-refractivity contribution in [2.24, 2.45) is 0 Å². The highest BCUT2D eigenvalue weighted by molar-refractivity contribution is 7.91. The molecule has 0 aliphatic carbocycles. The van der Waals surface area contributed by atoms with E-state index in [9.17, 15) is 13.5 Å². The second-order valence-corrected chi connectivity index (χ2v) is 10.5. The molecule has 0 saturated carbocycles. The number of rotatable bonds is 9. The molecule has 3 N–H and O–H groups in total. The summed E-state index contributed by atoms with van der Waals surface area (Å²) < 4.78 is 41.0. The molecule has 0 aliphatic rings. The lowest BCUT2D eigenvalue weighted by atomic mass is 10.3. The third kappa shape index (κ3) is 4.31. The molecular weight excluding hydrogens is 446 g/mol. The number of furan rings is 1. The summed E-state index contributed by atoms with van der Waals surface area (Å²) in [7, 11) is -3.77. The zero-order valence-electron chi connectivity index (χ0n) is 17.4. The summed E-state index contributed by atoms with van der Waals surface area (Å²) in [5.74, 6) is 2.22. The lowest BCUT2D eigenvalue weighted by molar-refractivity contribution is 0.434. The van der Waals surface area contributed by atoms with Gasteiger partial charge in [-0.05, 0) is 32.4 Å². The summed E-state index contributed by atoms with van der Waals surface area (Å²) in [4.78, 5) is 0.634. The van der Waals surface area contributed by atoms with E-state index in [4.69, 9.17) is 4.42 Å². The van der Waals surface area contributed by atoms with Gasteiger partial charge in [0.1, 0.15) is 11.5 Å². The number of aromatic nitrogens is 2. The first kappa shape index (κ1) is 22.5. The number of aromatic hydroxyl groups is 1. The van der Waals surface area contributed by atoms with Crippen molar-refractivity contribution in [1.82, 2.24) is 13.1 Å². The highest BCUT2D eigenvalue weighted by Crippen LogP contribution is 2.44. The van der Waals surface area contributed by atoms with E-state index in [1.165, 1.54) is 4.31 Å². The molecular formula is C18H25N5O4S3. The van der Waals surface area contributed by atoms with Gasteiger partial charge < -0.3 is 20.2 Å². The summed E-state index contributed by atoms with van der Waals surface area (Å²) in [5, 5.41) is 16.9. The maximum atomic E-state index is 12.8. The SMILES string of the molecule is CCN(CC)S(=O)(=O)c1sc(C)c(Nc2nsnc2NCc2cc(C)c(C)o2)c1O. The quantitative estimate of drug-likeness (QED) is 0.424. The molecule has 3 heterocycles. The van der Waals surface area contributed by atoms with Crippen molar-refractivity contribution < 1.29 is 17.9 Å². The van der Waals surface area contributed by atoms with E-state index >= 15 is 0 Å². The second kappa shape index (κ2) is 8.92. The maximum absolute atomic E-state index is 12.8. The Bertz CT molecular complexity index is 1110. The smallest absolute Gasteiger partial charge is 0.256 e. The molecule has 0 spiro atoms. The van der Waals surface area contributed by atoms with Crippen LogP contribution < -0.4 is 10.6 Å². The van der Waals surface area contributed by atoms with Gasteiger partial charge >= 0.3 is 0 Å². The molecule has 0 fully saturated rings. The van der Waals surface area contributed by atoms with Gasteiger partial charge in [0.2, 0.25) is 0 Å². The van der Waals surface area contributed by atoms with Crippen LogP contribution in [0.5, 0.6) is 5.75 Å². The molecule has 30 heavy (non-hydrogen) atoms. The molecule has 0 radical (unpaired) electrons. The van der Waals surface area contributed by atoms with Gasteiger partial charge in [-0.2, -0.15) is 13.1 Å². The van der Waals surface area contributed by atoms with Gasteiger partial charge in [0.25, 0.3) is 10.0 Å². The van der Waals surface area contributed by atoms with E-state index in [1.807, 2.05) is 19.9 Å². The van der Waals surface area contributed by atoms with E-state index < -0.39 is 10.0 Å². The molecule has 3 rings (SSSR count). The van der Waals surface area contributed by atoms with Crippen molar-refractivity contribution in [1.29, 1.82) is 0 Å². The molecule has 0 atom stereocenters. The van der Waals surface area contributed by atoms with Gasteiger partial charge in [0.15, 0.2) is 21.6 Å². The van der Waals surface area contributed by atoms with Crippen LogP contribution in [0.2, 0.25) is 0 Å². The van der Waals surface area contributed by atoms with Crippen LogP contribution in [0.3, 0.4) is 0 Å². The Hall–Kier alpha value is -2.15. The van der Waals surface area contributed by atoms with Crippen LogP contribution in [-0.2, 0) is 16.6 Å². The van der Waals surface area contributed by atoms with Gasteiger partial charge in [-0.15, -0.1) is 11.3 Å². The first-order valence-electron chi connectivity index (χ1n) is 9.40. The van der Waals surface area contributed by atoms with E-state index in [-0.39, 0.29) is 9.96 Å². The number of sulfonamides is 1. The van der Waals surface area contributed by atoms with Gasteiger partial charge in [0, 0.05) is 18.0 Å². The van der Waals surface area contributed by atoms with Crippen LogP contribution in [0, 0.1) is 20.8 Å². The van der Waals surface area contributed by atoms with E-state index in [2.05, 4.69) is 19.4 Å². The topological polar surface area (TPSA) is 121 Å². The molecule has 0 saturated heterocycles. The molecule has 0 amide bonds. The van der Waals surface area contributed by atoms with Gasteiger partial charge in [-0.25, -0.2) is 8.42 Å². The number of nitrogens with zero attached hydrogens (tertiary/aromatic N) is 3. The lowest BCUT2D eigenvalue weighted by Gasteiger charge is -2.17. The van der Waals surface area contributed by atoms with Crippen molar-refractivity contribution >= 4 is 50.4 Å². The van der Waals surface area contributed by atoms with E-state index in [1.54, 1.807) is 20.8 Å². The number of anilines is 3. The number of hydrogen-bond acceptors (Lipinski definition) is 10. The fraction of sp³-hybridized carbons (Fsp3) is 0.444. The largest absolute Gasteiger partial charge is 0.504 e. The summed E-state index contributed by atoms with van der Waals surface area (Å²) in [6.45, 7) is 10.2. The highest BCUT2D eigenvalue weighted by Gasteiger charge is 2.30. The molecule has 12 heteroatoms. The minimum atomic E-state index is -3.77. The third-order valence-electron chi connectivity index (χ3n) is 4.69. The molecule has 3 aromatic heterocycles. The van der Waals surface area contributed by atoms with Gasteiger partial charge in [-0.3, -0.25) is 0 Å². The standard InChI is InChI=1S/C18H25N5O4S3/c1-6-23(7-2)30(25,26)18-15(24)14(12(5)28-18)20-17-16(21-29-22-17)19-9-13-8-10(3)11(4)27-13/h8,24H,6-7,9H2,1-5H3,(H,19,21)(H,20,22). The Morgan fingerprint density at radius 3 is 2.43 bits per heavy atom. The summed E-state index contributed by atoms with van der Waals surface area (Å²) in [6, 6.07) is 1.95. The molecule has 9 nitrogen and oxygen atoms in total. The fourth-order valence-corrected chi connectivity index (χ4v) is 6.51. The second-order valence-electron chi connectivity index (χ2n) is 6.65. The van der Waals surface area contributed by atoms with Crippen molar-refractivity contribution in [2.75, 3.05) is 23.7 Å². The fourth-order valence-electron chi connectivity index (χ4n) is 2.92. The Morgan fingerprint density at radius 1 is 1.17 bits per heavy atom. The zero-order valence-corrected chi connectivity index (χ0v) is 19.9. The van der Waals surface area contributed by atoms with Crippen LogP contribution >= 0.6 is 23.1 Å². The first-order valence-corrected chi connectivity index (χ1v) is 12.4. The Kier molecular flexibility index (Phi) is 6.70. The first-order chi connectivity index (χ1) is 14.2. The molecule has 164 valence electrons. The summed E-state index contributed by atoms with van der Waals surface area (Å²) in [6.07, 6.45) is 0. The van der Waals surface area contributed by atoms with Crippen LogP contribution in [0.25, 0.3) is 0 Å². The lowest BCUT2D eigenvalue weighted by Crippen LogP contribution is -2.30. The van der Waals surface area contributed by atoms with Crippen molar-refractivity contribution in [3.8, 4) is 5.75 Å². The number of aryl methyl sites for hydroxylation is 3. The van der Waals surface area contributed by atoms with Gasteiger partial charge in [-0.1, -0.05) is 13.8 Å².